The Balaban J connectivity index is 0.00000392. The Kier molecular flexibility index (Phi) is 9.63. The van der Waals surface area contributed by atoms with Gasteiger partial charge >= 0.3 is 0 Å². The van der Waals surface area contributed by atoms with Crippen LogP contribution in [0.15, 0.2) is 29.3 Å². The lowest BCUT2D eigenvalue weighted by molar-refractivity contribution is -0.384. The fourth-order valence-corrected chi connectivity index (χ4v) is 3.53. The van der Waals surface area contributed by atoms with E-state index in [4.69, 9.17) is 0 Å². The first-order chi connectivity index (χ1) is 12.9. The van der Waals surface area contributed by atoms with Crippen LogP contribution in [0.4, 0.5) is 5.69 Å². The number of hydrogen-bond donors (Lipinski definition) is 2. The zero-order valence-corrected chi connectivity index (χ0v) is 19.1. The lowest BCUT2D eigenvalue weighted by Gasteiger charge is -2.31. The van der Waals surface area contributed by atoms with Gasteiger partial charge in [0, 0.05) is 39.3 Å². The molecule has 1 aliphatic rings. The van der Waals surface area contributed by atoms with Crippen molar-refractivity contribution in [3.8, 4) is 0 Å². The molecule has 0 spiro atoms. The number of aliphatic imine (C=N–C) groups is 1. The summed E-state index contributed by atoms with van der Waals surface area (Å²) in [7, 11) is 3.59. The van der Waals surface area contributed by atoms with Gasteiger partial charge in [0.25, 0.3) is 5.69 Å². The van der Waals surface area contributed by atoms with Gasteiger partial charge < -0.3 is 15.5 Å². The second-order valence-corrected chi connectivity index (χ2v) is 7.16. The minimum atomic E-state index is -0.409. The number of rotatable bonds is 7. The molecule has 1 aliphatic carbocycles. The van der Waals surface area contributed by atoms with Crippen LogP contribution in [0.2, 0.25) is 0 Å². The molecule has 156 valence electrons. The molecule has 0 aromatic heterocycles. The van der Waals surface area contributed by atoms with Crippen molar-refractivity contribution >= 4 is 41.5 Å². The normalized spacial score (nSPS) is 15.5. The molecule has 1 amide bonds. The highest BCUT2D eigenvalue weighted by Gasteiger charge is 2.42. The molecule has 1 fully saturated rings. The van der Waals surface area contributed by atoms with Gasteiger partial charge in [-0.15, -0.1) is 24.0 Å². The van der Waals surface area contributed by atoms with Crippen LogP contribution in [0.3, 0.4) is 0 Å². The third-order valence-electron chi connectivity index (χ3n) is 4.90. The van der Waals surface area contributed by atoms with Crippen LogP contribution in [0, 0.1) is 15.5 Å². The number of guanidine groups is 1. The van der Waals surface area contributed by atoms with Gasteiger partial charge in [-0.1, -0.05) is 25.0 Å². The van der Waals surface area contributed by atoms with Crippen molar-refractivity contribution in [3.05, 3.63) is 39.9 Å². The first kappa shape index (κ1) is 24.1. The van der Waals surface area contributed by atoms with E-state index in [1.54, 1.807) is 25.1 Å². The third kappa shape index (κ3) is 6.32. The molecule has 8 nitrogen and oxygen atoms in total. The van der Waals surface area contributed by atoms with Crippen molar-refractivity contribution in [2.24, 2.45) is 10.4 Å². The Bertz CT molecular complexity index is 703. The maximum Gasteiger partial charge on any atom is 0.269 e. The van der Waals surface area contributed by atoms with Crippen molar-refractivity contribution in [2.45, 2.75) is 39.2 Å². The van der Waals surface area contributed by atoms with Crippen molar-refractivity contribution < 1.29 is 9.72 Å². The molecule has 0 saturated heterocycles. The van der Waals surface area contributed by atoms with Crippen LogP contribution in [0.5, 0.6) is 0 Å². The first-order valence-corrected chi connectivity index (χ1v) is 9.35. The van der Waals surface area contributed by atoms with Crippen LogP contribution in [-0.2, 0) is 11.3 Å². The number of non-ortho nitro benzene ring substituents is 1. The van der Waals surface area contributed by atoms with Crippen LogP contribution in [0.1, 0.15) is 38.2 Å². The summed E-state index contributed by atoms with van der Waals surface area (Å²) >= 11 is 0. The number of nitrogens with zero attached hydrogens (tertiary/aromatic N) is 3. The smallest absolute Gasteiger partial charge is 0.269 e. The van der Waals surface area contributed by atoms with Crippen molar-refractivity contribution in [2.75, 3.05) is 27.2 Å². The zero-order chi connectivity index (χ0) is 19.9. The maximum atomic E-state index is 12.7. The second kappa shape index (κ2) is 11.2. The lowest BCUT2D eigenvalue weighted by Crippen LogP contribution is -2.49. The Labute approximate surface area is 183 Å². The molecular formula is C19H30IN5O3. The number of amides is 1. The van der Waals surface area contributed by atoms with Gasteiger partial charge in [0.05, 0.1) is 16.9 Å². The maximum absolute atomic E-state index is 12.7. The predicted molar refractivity (Wildman–Crippen MR) is 121 cm³/mol. The van der Waals surface area contributed by atoms with E-state index in [-0.39, 0.29) is 41.0 Å². The molecule has 9 heteroatoms. The average molecular weight is 503 g/mol. The van der Waals surface area contributed by atoms with Gasteiger partial charge in [0.1, 0.15) is 0 Å². The lowest BCUT2D eigenvalue weighted by atomic mass is 9.84. The molecule has 2 rings (SSSR count). The van der Waals surface area contributed by atoms with Gasteiger partial charge in [0.2, 0.25) is 5.91 Å². The molecule has 0 unspecified atom stereocenters. The molecule has 0 heterocycles. The Morgan fingerprint density at radius 1 is 1.29 bits per heavy atom. The number of halogens is 1. The summed E-state index contributed by atoms with van der Waals surface area (Å²) in [6.07, 6.45) is 3.87. The fourth-order valence-electron chi connectivity index (χ4n) is 3.53. The number of carbonyl (C=O) groups excluding carboxylic acids is 1. The van der Waals surface area contributed by atoms with Crippen LogP contribution in [0.25, 0.3) is 0 Å². The Morgan fingerprint density at radius 2 is 1.96 bits per heavy atom. The van der Waals surface area contributed by atoms with Crippen molar-refractivity contribution in [1.82, 2.24) is 15.5 Å². The first-order valence-electron chi connectivity index (χ1n) is 9.35. The van der Waals surface area contributed by atoms with Crippen LogP contribution in [-0.4, -0.2) is 48.9 Å². The number of nitrogens with one attached hydrogen (secondary N) is 2. The summed E-state index contributed by atoms with van der Waals surface area (Å²) in [5.41, 5.74) is 0.439. The SMILES string of the molecule is CCNC(=NCc1cccc([N+](=O)[O-])c1)NCC1(C(=O)N(C)C)CCCC1.I. The molecule has 0 aliphatic heterocycles. The van der Waals surface area contributed by atoms with E-state index in [1.165, 1.54) is 12.1 Å². The molecular weight excluding hydrogens is 473 g/mol. The molecule has 1 saturated carbocycles. The van der Waals surface area contributed by atoms with Crippen molar-refractivity contribution in [3.63, 3.8) is 0 Å². The highest BCUT2D eigenvalue weighted by molar-refractivity contribution is 14.0. The molecule has 2 N–H and O–H groups in total. The van der Waals surface area contributed by atoms with E-state index >= 15 is 0 Å². The minimum absolute atomic E-state index is 0. The molecule has 0 radical (unpaired) electrons. The third-order valence-corrected chi connectivity index (χ3v) is 4.90. The average Bonchev–Trinajstić information content (AvgIpc) is 3.13. The summed E-state index contributed by atoms with van der Waals surface area (Å²) in [6, 6.07) is 6.47. The summed E-state index contributed by atoms with van der Waals surface area (Å²) < 4.78 is 0. The summed E-state index contributed by atoms with van der Waals surface area (Å²) in [5, 5.41) is 17.4. The number of nitro benzene ring substituents is 1. The van der Waals surface area contributed by atoms with E-state index in [0.29, 0.717) is 25.6 Å². The van der Waals surface area contributed by atoms with Gasteiger partial charge in [-0.05, 0) is 25.3 Å². The van der Waals surface area contributed by atoms with E-state index in [2.05, 4.69) is 15.6 Å². The molecule has 28 heavy (non-hydrogen) atoms. The molecule has 1 aromatic carbocycles. The largest absolute Gasteiger partial charge is 0.357 e. The van der Waals surface area contributed by atoms with Gasteiger partial charge in [-0.3, -0.25) is 14.9 Å². The quantitative estimate of drug-likeness (QED) is 0.196. The Morgan fingerprint density at radius 3 is 2.54 bits per heavy atom. The molecule has 1 aromatic rings. The number of benzene rings is 1. The van der Waals surface area contributed by atoms with Crippen LogP contribution >= 0.6 is 24.0 Å². The summed E-state index contributed by atoms with van der Waals surface area (Å²) in [4.78, 5) is 29.4. The van der Waals surface area contributed by atoms with E-state index in [0.717, 1.165) is 31.2 Å². The minimum Gasteiger partial charge on any atom is -0.357 e. The van der Waals surface area contributed by atoms with Gasteiger partial charge in [-0.2, -0.15) is 0 Å². The topological polar surface area (TPSA) is 99.9 Å². The predicted octanol–water partition coefficient (Wildman–Crippen LogP) is 2.92. The summed E-state index contributed by atoms with van der Waals surface area (Å²) in [6.45, 7) is 3.52. The molecule has 0 atom stereocenters. The number of nitro groups is 1. The number of carbonyl (C=O) groups is 1. The van der Waals surface area contributed by atoms with E-state index < -0.39 is 4.92 Å². The molecule has 0 bridgehead atoms. The van der Waals surface area contributed by atoms with Gasteiger partial charge in [-0.25, -0.2) is 4.99 Å². The highest BCUT2D eigenvalue weighted by atomic mass is 127. The number of hydrogen-bond acceptors (Lipinski definition) is 4. The zero-order valence-electron chi connectivity index (χ0n) is 16.7. The Hall–Kier alpha value is -1.91. The monoisotopic (exact) mass is 503 g/mol. The van der Waals surface area contributed by atoms with E-state index in [9.17, 15) is 14.9 Å². The van der Waals surface area contributed by atoms with Crippen molar-refractivity contribution in [1.29, 1.82) is 0 Å². The highest BCUT2D eigenvalue weighted by Crippen LogP contribution is 2.38. The standard InChI is InChI=1S/C19H29N5O3.HI/c1-4-20-18(21-13-15-8-7-9-16(12-15)24(26)27)22-14-19(10-5-6-11-19)17(25)23(2)3;/h7-9,12H,4-6,10-11,13-14H2,1-3H3,(H2,20,21,22);1H. The van der Waals surface area contributed by atoms with Crippen LogP contribution < -0.4 is 10.6 Å². The second-order valence-electron chi connectivity index (χ2n) is 7.16. The van der Waals surface area contributed by atoms with E-state index in [1.807, 2.05) is 13.0 Å². The summed E-state index contributed by atoms with van der Waals surface area (Å²) in [5.74, 6) is 0.767. The van der Waals surface area contributed by atoms with Gasteiger partial charge in [0.15, 0.2) is 5.96 Å². The fraction of sp³-hybridized carbons (Fsp3) is 0.579.